The third kappa shape index (κ3) is 9.34. The van der Waals surface area contributed by atoms with Crippen molar-refractivity contribution in [1.82, 2.24) is 0 Å². The average Bonchev–Trinajstić information content (AvgIpc) is 2.70. The van der Waals surface area contributed by atoms with Gasteiger partial charge in [0.25, 0.3) is 0 Å². The number of hydrogen-bond acceptors (Lipinski definition) is 6. The van der Waals surface area contributed by atoms with Crippen molar-refractivity contribution in [2.45, 2.75) is 116 Å². The molecule has 6 nitrogen and oxygen atoms in total. The molecule has 2 aliphatic rings. The van der Waals surface area contributed by atoms with Crippen LogP contribution in [0.2, 0.25) is 0 Å². The second-order valence-corrected chi connectivity index (χ2v) is 9.93. The number of aliphatic hydroxyl groups excluding tert-OH is 1. The zero-order valence-electron chi connectivity index (χ0n) is 19.2. The summed E-state index contributed by atoms with van der Waals surface area (Å²) in [6.45, 7) is 6.70. The Morgan fingerprint density at radius 1 is 0.767 bits per heavy atom. The highest BCUT2D eigenvalue weighted by Crippen LogP contribution is 2.33. The van der Waals surface area contributed by atoms with Gasteiger partial charge in [0.2, 0.25) is 0 Å². The van der Waals surface area contributed by atoms with Gasteiger partial charge in [0.1, 0.15) is 11.7 Å². The Morgan fingerprint density at radius 3 is 1.87 bits per heavy atom. The summed E-state index contributed by atoms with van der Waals surface area (Å²) in [5, 5.41) is 8.78. The highest BCUT2D eigenvalue weighted by Gasteiger charge is 2.34. The number of hydrogen-bond donors (Lipinski definition) is 1. The SMILES string of the molecule is CC(C)(C)OC(=O)C1CCC(C(=O)OC2CCC(OCCCCCCO)CC2)CC1. The molecule has 2 aliphatic carbocycles. The Balaban J connectivity index is 1.59. The number of carbonyl (C=O) groups excluding carboxylic acids is 2. The van der Waals surface area contributed by atoms with Gasteiger partial charge in [0, 0.05) is 13.2 Å². The lowest BCUT2D eigenvalue weighted by Crippen LogP contribution is -2.34. The van der Waals surface area contributed by atoms with Crippen LogP contribution in [0.3, 0.4) is 0 Å². The number of ether oxygens (including phenoxy) is 3. The molecule has 0 unspecified atom stereocenters. The summed E-state index contributed by atoms with van der Waals surface area (Å²) in [6, 6.07) is 0. The van der Waals surface area contributed by atoms with Crippen LogP contribution >= 0.6 is 0 Å². The summed E-state index contributed by atoms with van der Waals surface area (Å²) < 4.78 is 17.2. The first-order valence-electron chi connectivity index (χ1n) is 11.9. The second kappa shape index (κ2) is 12.7. The Labute approximate surface area is 182 Å². The van der Waals surface area contributed by atoms with Crippen molar-refractivity contribution in [3.8, 4) is 0 Å². The molecule has 0 aromatic rings. The number of esters is 2. The van der Waals surface area contributed by atoms with E-state index >= 15 is 0 Å². The van der Waals surface area contributed by atoms with Gasteiger partial charge in [-0.2, -0.15) is 0 Å². The van der Waals surface area contributed by atoms with E-state index in [9.17, 15) is 9.59 Å². The molecule has 1 N–H and O–H groups in total. The predicted octanol–water partition coefficient (Wildman–Crippen LogP) is 4.56. The van der Waals surface area contributed by atoms with E-state index in [1.54, 1.807) is 0 Å². The third-order valence-electron chi connectivity index (χ3n) is 6.11. The van der Waals surface area contributed by atoms with E-state index in [0.717, 1.165) is 58.0 Å². The molecule has 6 heteroatoms. The molecule has 174 valence electrons. The summed E-state index contributed by atoms with van der Waals surface area (Å²) >= 11 is 0. The summed E-state index contributed by atoms with van der Waals surface area (Å²) in [5.74, 6) is -0.409. The van der Waals surface area contributed by atoms with E-state index in [2.05, 4.69) is 0 Å². The molecule has 0 bridgehead atoms. The minimum absolute atomic E-state index is 0.00508. The minimum atomic E-state index is -0.463. The molecular formula is C24H42O6. The first-order valence-corrected chi connectivity index (χ1v) is 11.9. The lowest BCUT2D eigenvalue weighted by Gasteiger charge is -2.32. The van der Waals surface area contributed by atoms with Crippen LogP contribution in [-0.2, 0) is 23.8 Å². The van der Waals surface area contributed by atoms with Crippen LogP contribution in [0.25, 0.3) is 0 Å². The van der Waals surface area contributed by atoms with Crippen LogP contribution in [-0.4, -0.2) is 48.1 Å². The Morgan fingerprint density at radius 2 is 1.30 bits per heavy atom. The van der Waals surface area contributed by atoms with E-state index in [-0.39, 0.29) is 42.6 Å². The zero-order chi connectivity index (χ0) is 22.0. The lowest BCUT2D eigenvalue weighted by molar-refractivity contribution is -0.165. The molecule has 0 amide bonds. The summed E-state index contributed by atoms with van der Waals surface area (Å²) in [5.41, 5.74) is -0.463. The fourth-order valence-electron chi connectivity index (χ4n) is 4.34. The quantitative estimate of drug-likeness (QED) is 0.407. The van der Waals surface area contributed by atoms with Crippen molar-refractivity contribution >= 4 is 11.9 Å². The zero-order valence-corrected chi connectivity index (χ0v) is 19.2. The Hall–Kier alpha value is -1.14. The number of unbranched alkanes of at least 4 members (excludes halogenated alkanes) is 3. The molecule has 2 fully saturated rings. The predicted molar refractivity (Wildman–Crippen MR) is 115 cm³/mol. The van der Waals surface area contributed by atoms with Crippen molar-refractivity contribution in [3.63, 3.8) is 0 Å². The smallest absolute Gasteiger partial charge is 0.309 e. The van der Waals surface area contributed by atoms with Gasteiger partial charge in [0.05, 0.1) is 17.9 Å². The van der Waals surface area contributed by atoms with Crippen molar-refractivity contribution in [1.29, 1.82) is 0 Å². The molecule has 0 aliphatic heterocycles. The fourth-order valence-corrected chi connectivity index (χ4v) is 4.34. The molecule has 0 spiro atoms. The van der Waals surface area contributed by atoms with Crippen molar-refractivity contribution in [3.05, 3.63) is 0 Å². The first kappa shape index (κ1) is 25.1. The second-order valence-electron chi connectivity index (χ2n) is 9.93. The van der Waals surface area contributed by atoms with Crippen LogP contribution in [0, 0.1) is 11.8 Å². The first-order chi connectivity index (χ1) is 14.3. The molecule has 30 heavy (non-hydrogen) atoms. The monoisotopic (exact) mass is 426 g/mol. The molecule has 2 saturated carbocycles. The lowest BCUT2D eigenvalue weighted by atomic mass is 9.82. The van der Waals surface area contributed by atoms with Gasteiger partial charge >= 0.3 is 11.9 Å². The highest BCUT2D eigenvalue weighted by molar-refractivity contribution is 5.75. The summed E-state index contributed by atoms with van der Waals surface area (Å²) in [7, 11) is 0. The Kier molecular flexibility index (Phi) is 10.6. The highest BCUT2D eigenvalue weighted by atomic mass is 16.6. The molecule has 0 atom stereocenters. The van der Waals surface area contributed by atoms with E-state index < -0.39 is 5.60 Å². The van der Waals surface area contributed by atoms with Crippen molar-refractivity contribution in [2.75, 3.05) is 13.2 Å². The summed E-state index contributed by atoms with van der Waals surface area (Å²) in [4.78, 5) is 24.8. The Bertz CT molecular complexity index is 510. The van der Waals surface area contributed by atoms with Gasteiger partial charge in [-0.3, -0.25) is 9.59 Å². The number of carbonyl (C=O) groups is 2. The van der Waals surface area contributed by atoms with Crippen LogP contribution in [0.15, 0.2) is 0 Å². The maximum atomic E-state index is 12.6. The molecule has 0 aromatic carbocycles. The van der Waals surface area contributed by atoms with Gasteiger partial charge in [-0.15, -0.1) is 0 Å². The van der Waals surface area contributed by atoms with Crippen LogP contribution in [0.4, 0.5) is 0 Å². The van der Waals surface area contributed by atoms with Gasteiger partial charge < -0.3 is 19.3 Å². The van der Waals surface area contributed by atoms with E-state index in [1.165, 1.54) is 0 Å². The van der Waals surface area contributed by atoms with Crippen molar-refractivity contribution < 1.29 is 28.9 Å². The molecule has 0 saturated heterocycles. The standard InChI is InChI=1S/C24H42O6/c1-24(2,3)30-23(27)19-10-8-18(9-11-19)22(26)29-21-14-12-20(13-15-21)28-17-7-5-4-6-16-25/h18-21,25H,4-17H2,1-3H3. The van der Waals surface area contributed by atoms with Gasteiger partial charge in [-0.05, 0) is 85.0 Å². The van der Waals surface area contributed by atoms with Crippen LogP contribution in [0.1, 0.15) is 97.8 Å². The topological polar surface area (TPSA) is 82.1 Å². The summed E-state index contributed by atoms with van der Waals surface area (Å²) in [6.07, 6.45) is 10.8. The number of aliphatic hydroxyl groups is 1. The van der Waals surface area contributed by atoms with Crippen LogP contribution in [0.5, 0.6) is 0 Å². The normalized spacial score (nSPS) is 27.5. The molecule has 0 heterocycles. The molecule has 0 aromatic heterocycles. The molecular weight excluding hydrogens is 384 g/mol. The van der Waals surface area contributed by atoms with E-state index in [0.29, 0.717) is 25.7 Å². The fraction of sp³-hybridized carbons (Fsp3) is 0.917. The van der Waals surface area contributed by atoms with Gasteiger partial charge in [0.15, 0.2) is 0 Å². The van der Waals surface area contributed by atoms with Crippen LogP contribution < -0.4 is 0 Å². The van der Waals surface area contributed by atoms with Gasteiger partial charge in [-0.1, -0.05) is 12.8 Å². The molecule has 2 rings (SSSR count). The third-order valence-corrected chi connectivity index (χ3v) is 6.11. The maximum absolute atomic E-state index is 12.6. The van der Waals surface area contributed by atoms with E-state index in [4.69, 9.17) is 19.3 Å². The number of rotatable bonds is 10. The largest absolute Gasteiger partial charge is 0.462 e. The maximum Gasteiger partial charge on any atom is 0.309 e. The van der Waals surface area contributed by atoms with E-state index in [1.807, 2.05) is 20.8 Å². The average molecular weight is 427 g/mol. The molecule has 0 radical (unpaired) electrons. The van der Waals surface area contributed by atoms with Gasteiger partial charge in [-0.25, -0.2) is 0 Å². The minimum Gasteiger partial charge on any atom is -0.462 e. The van der Waals surface area contributed by atoms with Crippen molar-refractivity contribution in [2.24, 2.45) is 11.8 Å².